The number of piperidine rings is 1. The summed E-state index contributed by atoms with van der Waals surface area (Å²) in [7, 11) is 3.78. The fourth-order valence-electron chi connectivity index (χ4n) is 3.61. The number of likely N-dealkylation sites (N-methyl/N-ethyl adjacent to an activating group) is 1. The Morgan fingerprint density at radius 2 is 2.17 bits per heavy atom. The Balaban J connectivity index is 1.66. The molecule has 0 radical (unpaired) electrons. The van der Waals surface area contributed by atoms with Crippen LogP contribution in [0.25, 0.3) is 0 Å². The molecule has 29 heavy (non-hydrogen) atoms. The van der Waals surface area contributed by atoms with Crippen LogP contribution < -0.4 is 10.2 Å². The number of alkyl halides is 3. The first kappa shape index (κ1) is 21.2. The Bertz CT molecular complexity index is 808. The number of halogens is 3. The van der Waals surface area contributed by atoms with E-state index in [1.54, 1.807) is 17.2 Å². The van der Waals surface area contributed by atoms with E-state index in [0.29, 0.717) is 25.9 Å². The second-order valence-electron chi connectivity index (χ2n) is 7.40. The van der Waals surface area contributed by atoms with Gasteiger partial charge >= 0.3 is 6.18 Å². The average molecular weight is 410 g/mol. The van der Waals surface area contributed by atoms with Crippen LogP contribution in [0.5, 0.6) is 0 Å². The van der Waals surface area contributed by atoms with Gasteiger partial charge in [-0.25, -0.2) is 4.98 Å². The lowest BCUT2D eigenvalue weighted by Gasteiger charge is -2.34. The normalized spacial score (nSPS) is 18.7. The van der Waals surface area contributed by atoms with Crippen molar-refractivity contribution in [1.82, 2.24) is 15.2 Å². The predicted octanol–water partition coefficient (Wildman–Crippen LogP) is 3.33. The van der Waals surface area contributed by atoms with E-state index < -0.39 is 17.7 Å². The van der Waals surface area contributed by atoms with Crippen LogP contribution >= 0.6 is 0 Å². The molecular weight excluding hydrogens is 385 g/mol. The maximum Gasteiger partial charge on any atom is 0.419 e. The van der Waals surface area contributed by atoms with Crippen molar-refractivity contribution in [2.75, 3.05) is 38.6 Å². The smallest absolute Gasteiger partial charge is 0.419 e. The number of amides is 1. The summed E-state index contributed by atoms with van der Waals surface area (Å²) in [5.74, 6) is 0.0620. The average Bonchev–Trinajstić information content (AvgIpc) is 3.21. The number of aromatic nitrogens is 1. The number of furan rings is 1. The van der Waals surface area contributed by atoms with Crippen molar-refractivity contribution in [2.24, 2.45) is 5.92 Å². The van der Waals surface area contributed by atoms with Crippen LogP contribution in [-0.4, -0.2) is 49.5 Å². The third kappa shape index (κ3) is 5.09. The van der Waals surface area contributed by atoms with E-state index in [1.807, 2.05) is 25.1 Å². The molecule has 0 spiro atoms. The van der Waals surface area contributed by atoms with Gasteiger partial charge in [0, 0.05) is 25.8 Å². The number of anilines is 1. The van der Waals surface area contributed by atoms with Gasteiger partial charge in [0.25, 0.3) is 0 Å². The first-order chi connectivity index (χ1) is 13.8. The lowest BCUT2D eigenvalue weighted by Crippen LogP contribution is -2.45. The summed E-state index contributed by atoms with van der Waals surface area (Å²) in [6.07, 6.45) is -0.303. The Labute approximate surface area is 167 Å². The summed E-state index contributed by atoms with van der Waals surface area (Å²) in [5.41, 5.74) is -0.772. The molecule has 0 bridgehead atoms. The van der Waals surface area contributed by atoms with Crippen molar-refractivity contribution in [2.45, 2.75) is 25.1 Å². The minimum Gasteiger partial charge on any atom is -0.468 e. The second kappa shape index (κ2) is 8.86. The van der Waals surface area contributed by atoms with Gasteiger partial charge in [0.05, 0.1) is 23.8 Å². The van der Waals surface area contributed by atoms with E-state index in [9.17, 15) is 18.0 Å². The molecule has 1 amide bonds. The molecule has 2 atom stereocenters. The van der Waals surface area contributed by atoms with Crippen LogP contribution in [0.3, 0.4) is 0 Å². The van der Waals surface area contributed by atoms with Crippen LogP contribution in [0.4, 0.5) is 19.0 Å². The number of nitrogens with one attached hydrogen (secondary N) is 1. The zero-order valence-electron chi connectivity index (χ0n) is 16.4. The number of nitrogens with zero attached hydrogens (tertiary/aromatic N) is 3. The molecule has 158 valence electrons. The Morgan fingerprint density at radius 1 is 1.38 bits per heavy atom. The zero-order chi connectivity index (χ0) is 21.0. The molecule has 2 aromatic heterocycles. The first-order valence-corrected chi connectivity index (χ1v) is 9.52. The Kier molecular flexibility index (Phi) is 6.46. The molecule has 2 aromatic rings. The van der Waals surface area contributed by atoms with Crippen molar-refractivity contribution in [1.29, 1.82) is 0 Å². The Hall–Kier alpha value is -2.55. The van der Waals surface area contributed by atoms with Crippen LogP contribution in [0.1, 0.15) is 30.2 Å². The lowest BCUT2D eigenvalue weighted by atomic mass is 9.96. The quantitative estimate of drug-likeness (QED) is 0.792. The highest BCUT2D eigenvalue weighted by atomic mass is 19.4. The van der Waals surface area contributed by atoms with Crippen molar-refractivity contribution >= 4 is 11.7 Å². The molecule has 1 aliphatic rings. The minimum absolute atomic E-state index is 0.112. The predicted molar refractivity (Wildman–Crippen MR) is 102 cm³/mol. The van der Waals surface area contributed by atoms with E-state index in [1.165, 1.54) is 12.3 Å². The molecule has 0 aliphatic carbocycles. The van der Waals surface area contributed by atoms with E-state index in [2.05, 4.69) is 10.3 Å². The lowest BCUT2D eigenvalue weighted by molar-refractivity contribution is -0.137. The van der Waals surface area contributed by atoms with Gasteiger partial charge in [-0.15, -0.1) is 0 Å². The number of rotatable bonds is 6. The standard InChI is InChI=1S/C20H25F3N4O2/c1-26(2)16(17-8-5-11-29-17)12-25-19(28)14-6-4-10-27(13-14)18-15(20(21,22)23)7-3-9-24-18/h3,5,7-9,11,14,16H,4,6,10,12-13H2,1-2H3,(H,25,28). The van der Waals surface area contributed by atoms with E-state index in [-0.39, 0.29) is 24.3 Å². The van der Waals surface area contributed by atoms with Crippen LogP contribution in [-0.2, 0) is 11.0 Å². The fraction of sp³-hybridized carbons (Fsp3) is 0.500. The van der Waals surface area contributed by atoms with Gasteiger partial charge in [0.2, 0.25) is 5.91 Å². The molecule has 1 fully saturated rings. The van der Waals surface area contributed by atoms with Crippen molar-refractivity contribution in [3.05, 3.63) is 48.0 Å². The molecule has 0 saturated carbocycles. The maximum atomic E-state index is 13.3. The highest BCUT2D eigenvalue weighted by molar-refractivity contribution is 5.79. The second-order valence-corrected chi connectivity index (χ2v) is 7.40. The number of hydrogen-bond acceptors (Lipinski definition) is 5. The van der Waals surface area contributed by atoms with Crippen molar-refractivity contribution < 1.29 is 22.4 Å². The Morgan fingerprint density at radius 3 is 2.83 bits per heavy atom. The van der Waals surface area contributed by atoms with Crippen LogP contribution in [0.2, 0.25) is 0 Å². The molecular formula is C20H25F3N4O2. The largest absolute Gasteiger partial charge is 0.468 e. The van der Waals surface area contributed by atoms with E-state index >= 15 is 0 Å². The maximum absolute atomic E-state index is 13.3. The summed E-state index contributed by atoms with van der Waals surface area (Å²) >= 11 is 0. The fourth-order valence-corrected chi connectivity index (χ4v) is 3.61. The highest BCUT2D eigenvalue weighted by Gasteiger charge is 2.37. The third-order valence-electron chi connectivity index (χ3n) is 5.15. The molecule has 1 N–H and O–H groups in total. The van der Waals surface area contributed by atoms with Crippen molar-refractivity contribution in [3.8, 4) is 0 Å². The summed E-state index contributed by atoms with van der Waals surface area (Å²) in [5, 5.41) is 2.93. The number of carbonyl (C=O) groups is 1. The van der Waals surface area contributed by atoms with Crippen LogP contribution in [0, 0.1) is 5.92 Å². The topological polar surface area (TPSA) is 61.6 Å². The van der Waals surface area contributed by atoms with Gasteiger partial charge in [-0.05, 0) is 51.2 Å². The molecule has 6 nitrogen and oxygen atoms in total. The number of hydrogen-bond donors (Lipinski definition) is 1. The summed E-state index contributed by atoms with van der Waals surface area (Å²) in [6.45, 7) is 1.00. The highest BCUT2D eigenvalue weighted by Crippen LogP contribution is 2.36. The van der Waals surface area contributed by atoms with Gasteiger partial charge in [-0.2, -0.15) is 13.2 Å². The zero-order valence-corrected chi connectivity index (χ0v) is 16.4. The SMILES string of the molecule is CN(C)C(CNC(=O)C1CCCN(c2ncccc2C(F)(F)F)C1)c1ccco1. The summed E-state index contributed by atoms with van der Waals surface area (Å²) in [6, 6.07) is 5.81. The first-order valence-electron chi connectivity index (χ1n) is 9.52. The number of pyridine rings is 1. The summed E-state index contributed by atoms with van der Waals surface area (Å²) in [4.78, 5) is 20.2. The monoisotopic (exact) mass is 410 g/mol. The van der Waals surface area contributed by atoms with Gasteiger partial charge in [0.15, 0.2) is 0 Å². The summed E-state index contributed by atoms with van der Waals surface area (Å²) < 4.78 is 45.4. The molecule has 1 aliphatic heterocycles. The molecule has 2 unspecified atom stereocenters. The molecule has 1 saturated heterocycles. The molecule has 3 rings (SSSR count). The molecule has 9 heteroatoms. The number of carbonyl (C=O) groups excluding carboxylic acids is 1. The van der Waals surface area contributed by atoms with Crippen LogP contribution in [0.15, 0.2) is 41.1 Å². The van der Waals surface area contributed by atoms with Crippen molar-refractivity contribution in [3.63, 3.8) is 0 Å². The minimum atomic E-state index is -4.49. The molecule has 3 heterocycles. The van der Waals surface area contributed by atoms with Gasteiger partial charge < -0.3 is 14.6 Å². The van der Waals surface area contributed by atoms with Gasteiger partial charge in [-0.3, -0.25) is 9.69 Å². The molecule has 0 aromatic carbocycles. The third-order valence-corrected chi connectivity index (χ3v) is 5.15. The van der Waals surface area contributed by atoms with E-state index in [0.717, 1.165) is 11.8 Å². The van der Waals surface area contributed by atoms with Gasteiger partial charge in [0.1, 0.15) is 11.6 Å². The van der Waals surface area contributed by atoms with Gasteiger partial charge in [-0.1, -0.05) is 0 Å². The van der Waals surface area contributed by atoms with E-state index in [4.69, 9.17) is 4.42 Å².